The highest BCUT2D eigenvalue weighted by molar-refractivity contribution is 7.99. The highest BCUT2D eigenvalue weighted by atomic mass is 32.2. The number of nitrogens with two attached hydrogens (primary N) is 1. The lowest BCUT2D eigenvalue weighted by Gasteiger charge is -2.18. The minimum Gasteiger partial charge on any atom is -0.480 e. The van der Waals surface area contributed by atoms with Crippen molar-refractivity contribution in [2.24, 2.45) is 5.73 Å². The van der Waals surface area contributed by atoms with Crippen LogP contribution in [0.25, 0.3) is 0 Å². The average molecular weight is 238 g/mol. The molecule has 86 valence electrons. The Bertz CT molecular complexity index is 409. The quantitative estimate of drug-likeness (QED) is 0.736. The highest BCUT2D eigenvalue weighted by Gasteiger charge is 2.14. The maximum absolute atomic E-state index is 10.6. The molecule has 0 saturated carbocycles. The normalized spacial score (nSPS) is 16.1. The molecule has 0 fully saturated rings. The Morgan fingerprint density at radius 2 is 2.44 bits per heavy atom. The number of hydrogen-bond acceptors (Lipinski definition) is 4. The van der Waals surface area contributed by atoms with Crippen LogP contribution in [0.5, 0.6) is 0 Å². The van der Waals surface area contributed by atoms with Gasteiger partial charge in [0.25, 0.3) is 0 Å². The molecular formula is C11H14N2O2S. The SMILES string of the molecule is NC(Cc1ccc2c(c1)SCCN2)C(=O)O. The van der Waals surface area contributed by atoms with Gasteiger partial charge in [-0.1, -0.05) is 6.07 Å². The van der Waals surface area contributed by atoms with Crippen molar-refractivity contribution in [3.8, 4) is 0 Å². The number of thioether (sulfide) groups is 1. The van der Waals surface area contributed by atoms with E-state index in [1.54, 1.807) is 11.8 Å². The number of carbonyl (C=O) groups is 1. The summed E-state index contributed by atoms with van der Waals surface area (Å²) in [6, 6.07) is 5.13. The van der Waals surface area contributed by atoms with Crippen LogP contribution in [-0.4, -0.2) is 29.4 Å². The van der Waals surface area contributed by atoms with E-state index in [1.807, 2.05) is 18.2 Å². The number of anilines is 1. The topological polar surface area (TPSA) is 75.3 Å². The van der Waals surface area contributed by atoms with Gasteiger partial charge in [-0.25, -0.2) is 0 Å². The summed E-state index contributed by atoms with van der Waals surface area (Å²) in [6.07, 6.45) is 0.378. The van der Waals surface area contributed by atoms with Gasteiger partial charge in [0.2, 0.25) is 0 Å². The molecular weight excluding hydrogens is 224 g/mol. The molecule has 0 bridgehead atoms. The van der Waals surface area contributed by atoms with Gasteiger partial charge in [-0.3, -0.25) is 4.79 Å². The molecule has 0 aliphatic carbocycles. The van der Waals surface area contributed by atoms with Crippen molar-refractivity contribution in [2.75, 3.05) is 17.6 Å². The van der Waals surface area contributed by atoms with Gasteiger partial charge in [0, 0.05) is 22.9 Å². The van der Waals surface area contributed by atoms with E-state index in [2.05, 4.69) is 5.32 Å². The van der Waals surface area contributed by atoms with Gasteiger partial charge >= 0.3 is 5.97 Å². The van der Waals surface area contributed by atoms with Crippen molar-refractivity contribution in [1.82, 2.24) is 0 Å². The lowest BCUT2D eigenvalue weighted by atomic mass is 10.1. The summed E-state index contributed by atoms with van der Waals surface area (Å²) in [6.45, 7) is 0.978. The van der Waals surface area contributed by atoms with Crippen LogP contribution in [0.2, 0.25) is 0 Å². The number of aliphatic carboxylic acids is 1. The van der Waals surface area contributed by atoms with E-state index in [0.29, 0.717) is 6.42 Å². The number of rotatable bonds is 3. The molecule has 1 aliphatic heterocycles. The molecule has 4 nitrogen and oxygen atoms in total. The third-order valence-electron chi connectivity index (χ3n) is 2.49. The van der Waals surface area contributed by atoms with Crippen LogP contribution < -0.4 is 11.1 Å². The highest BCUT2D eigenvalue weighted by Crippen LogP contribution is 2.31. The van der Waals surface area contributed by atoms with Gasteiger partial charge < -0.3 is 16.2 Å². The van der Waals surface area contributed by atoms with E-state index >= 15 is 0 Å². The van der Waals surface area contributed by atoms with E-state index in [0.717, 1.165) is 23.5 Å². The fourth-order valence-corrected chi connectivity index (χ4v) is 2.60. The first-order valence-corrected chi connectivity index (χ1v) is 6.13. The number of fused-ring (bicyclic) bond motifs is 1. The van der Waals surface area contributed by atoms with Crippen LogP contribution in [0.3, 0.4) is 0 Å². The fourth-order valence-electron chi connectivity index (χ4n) is 1.65. The third kappa shape index (κ3) is 2.48. The molecule has 0 aromatic heterocycles. The lowest BCUT2D eigenvalue weighted by Crippen LogP contribution is -2.32. The zero-order valence-electron chi connectivity index (χ0n) is 8.77. The Balaban J connectivity index is 2.14. The minimum atomic E-state index is -0.955. The maximum Gasteiger partial charge on any atom is 0.320 e. The standard InChI is InChI=1S/C11H14N2O2S/c12-8(11(14)15)5-7-1-2-9-10(6-7)16-4-3-13-9/h1-2,6,8,13H,3-5,12H2,(H,14,15). The Morgan fingerprint density at radius 1 is 1.62 bits per heavy atom. The molecule has 1 aromatic rings. The Kier molecular flexibility index (Phi) is 3.36. The van der Waals surface area contributed by atoms with Crippen LogP contribution in [0.1, 0.15) is 5.56 Å². The first kappa shape index (κ1) is 11.3. The molecule has 0 spiro atoms. The van der Waals surface area contributed by atoms with Gasteiger partial charge in [0.1, 0.15) is 6.04 Å². The summed E-state index contributed by atoms with van der Waals surface area (Å²) < 4.78 is 0. The average Bonchev–Trinajstić information content (AvgIpc) is 2.28. The molecule has 0 radical (unpaired) electrons. The predicted octanol–water partition coefficient (Wildman–Crippen LogP) is 1.16. The van der Waals surface area contributed by atoms with Crippen molar-refractivity contribution in [3.05, 3.63) is 23.8 Å². The van der Waals surface area contributed by atoms with Gasteiger partial charge in [0.15, 0.2) is 0 Å². The summed E-state index contributed by atoms with van der Waals surface area (Å²) in [5, 5.41) is 12.0. The summed E-state index contributed by atoms with van der Waals surface area (Å²) in [5.74, 6) is 0.0880. The van der Waals surface area contributed by atoms with E-state index in [-0.39, 0.29) is 0 Å². The van der Waals surface area contributed by atoms with Crippen molar-refractivity contribution < 1.29 is 9.90 Å². The van der Waals surface area contributed by atoms with Crippen molar-refractivity contribution in [3.63, 3.8) is 0 Å². The van der Waals surface area contributed by atoms with E-state index in [1.165, 1.54) is 4.90 Å². The molecule has 0 saturated heterocycles. The molecule has 2 rings (SSSR count). The second-order valence-electron chi connectivity index (χ2n) is 3.75. The van der Waals surface area contributed by atoms with Crippen molar-refractivity contribution in [1.29, 1.82) is 0 Å². The van der Waals surface area contributed by atoms with Crippen LogP contribution in [0.15, 0.2) is 23.1 Å². The Morgan fingerprint density at radius 3 is 3.19 bits per heavy atom. The van der Waals surface area contributed by atoms with Gasteiger partial charge in [-0.15, -0.1) is 11.8 Å². The molecule has 0 amide bonds. The molecule has 1 heterocycles. The van der Waals surface area contributed by atoms with Crippen molar-refractivity contribution >= 4 is 23.4 Å². The molecule has 16 heavy (non-hydrogen) atoms. The van der Waals surface area contributed by atoms with Crippen LogP contribution in [-0.2, 0) is 11.2 Å². The van der Waals surface area contributed by atoms with Crippen molar-refractivity contribution in [2.45, 2.75) is 17.4 Å². The van der Waals surface area contributed by atoms with Crippen LogP contribution in [0, 0.1) is 0 Å². The number of nitrogens with one attached hydrogen (secondary N) is 1. The lowest BCUT2D eigenvalue weighted by molar-refractivity contribution is -0.138. The summed E-state index contributed by atoms with van der Waals surface area (Å²) in [4.78, 5) is 11.8. The second kappa shape index (κ2) is 4.76. The molecule has 5 heteroatoms. The van der Waals surface area contributed by atoms with E-state index in [4.69, 9.17) is 10.8 Å². The molecule has 1 unspecified atom stereocenters. The Hall–Kier alpha value is -1.20. The molecule has 1 aliphatic rings. The zero-order valence-corrected chi connectivity index (χ0v) is 9.59. The van der Waals surface area contributed by atoms with Crippen LogP contribution in [0.4, 0.5) is 5.69 Å². The number of carboxylic acid groups (broad SMARTS) is 1. The van der Waals surface area contributed by atoms with Gasteiger partial charge in [-0.2, -0.15) is 0 Å². The number of hydrogen-bond donors (Lipinski definition) is 3. The molecule has 1 atom stereocenters. The first-order chi connectivity index (χ1) is 7.66. The van der Waals surface area contributed by atoms with E-state index < -0.39 is 12.0 Å². The number of benzene rings is 1. The summed E-state index contributed by atoms with van der Waals surface area (Å²) >= 11 is 1.79. The minimum absolute atomic E-state index is 0.378. The monoisotopic (exact) mass is 238 g/mol. The zero-order chi connectivity index (χ0) is 11.5. The largest absolute Gasteiger partial charge is 0.480 e. The van der Waals surface area contributed by atoms with E-state index in [9.17, 15) is 4.79 Å². The fraction of sp³-hybridized carbons (Fsp3) is 0.364. The maximum atomic E-state index is 10.6. The summed E-state index contributed by atoms with van der Waals surface area (Å²) in [7, 11) is 0. The smallest absolute Gasteiger partial charge is 0.320 e. The van der Waals surface area contributed by atoms with Gasteiger partial charge in [-0.05, 0) is 24.1 Å². The molecule has 1 aromatic carbocycles. The predicted molar refractivity (Wildman–Crippen MR) is 65.0 cm³/mol. The van der Waals surface area contributed by atoms with Crippen LogP contribution >= 0.6 is 11.8 Å². The third-order valence-corrected chi connectivity index (χ3v) is 3.55. The number of carboxylic acids is 1. The summed E-state index contributed by atoms with van der Waals surface area (Å²) in [5.41, 5.74) is 7.61. The van der Waals surface area contributed by atoms with Gasteiger partial charge in [0.05, 0.1) is 0 Å². The second-order valence-corrected chi connectivity index (χ2v) is 4.89. The molecule has 4 N–H and O–H groups in total. The first-order valence-electron chi connectivity index (χ1n) is 5.15. The Labute approximate surface area is 98.2 Å².